The third-order valence-corrected chi connectivity index (χ3v) is 6.46. The Hall–Kier alpha value is -2.95. The van der Waals surface area contributed by atoms with Crippen LogP contribution in [0, 0.1) is 5.41 Å². The lowest BCUT2D eigenvalue weighted by molar-refractivity contribution is -0.145. The Kier molecular flexibility index (Phi) is 5.98. The van der Waals surface area contributed by atoms with Gasteiger partial charge in [-0.15, -0.1) is 0 Å². The second kappa shape index (κ2) is 8.82. The average molecular weight is 405 g/mol. The van der Waals surface area contributed by atoms with Crippen molar-refractivity contribution < 1.29 is 14.4 Å². The van der Waals surface area contributed by atoms with Crippen LogP contribution in [0.2, 0.25) is 0 Å². The third kappa shape index (κ3) is 3.89. The molecule has 0 spiro atoms. The Morgan fingerprint density at radius 2 is 1.70 bits per heavy atom. The van der Waals surface area contributed by atoms with Gasteiger partial charge in [-0.2, -0.15) is 0 Å². The van der Waals surface area contributed by atoms with E-state index in [0.29, 0.717) is 25.8 Å². The number of para-hydroxylation sites is 1. The van der Waals surface area contributed by atoms with E-state index in [9.17, 15) is 14.4 Å². The maximum absolute atomic E-state index is 13.7. The molecule has 2 aliphatic rings. The molecule has 30 heavy (non-hydrogen) atoms. The normalized spacial score (nSPS) is 18.3. The highest BCUT2D eigenvalue weighted by atomic mass is 16.2. The topological polar surface area (TPSA) is 66.5 Å². The van der Waals surface area contributed by atoms with Crippen LogP contribution < -0.4 is 10.2 Å². The van der Waals surface area contributed by atoms with E-state index in [2.05, 4.69) is 5.32 Å². The van der Waals surface area contributed by atoms with Gasteiger partial charge in [0.15, 0.2) is 0 Å². The molecule has 0 aromatic heterocycles. The smallest absolute Gasteiger partial charge is 0.242 e. The average Bonchev–Trinajstić information content (AvgIpc) is 3.23. The van der Waals surface area contributed by atoms with E-state index in [1.807, 2.05) is 54.6 Å². The molecule has 0 saturated heterocycles. The summed E-state index contributed by atoms with van der Waals surface area (Å²) in [5.41, 5.74) is 1.95. The monoisotopic (exact) mass is 404 g/mol. The molecule has 1 heterocycles. The fourth-order valence-corrected chi connectivity index (χ4v) is 4.81. The quantitative estimate of drug-likeness (QED) is 0.592. The summed E-state index contributed by atoms with van der Waals surface area (Å²) in [4.78, 5) is 40.7. The summed E-state index contributed by atoms with van der Waals surface area (Å²) in [7, 11) is 0. The summed E-state index contributed by atoms with van der Waals surface area (Å²) in [6.07, 6.45) is 5.80. The number of nitrogens with one attached hydrogen (secondary N) is 1. The van der Waals surface area contributed by atoms with Gasteiger partial charge in [0.1, 0.15) is 11.7 Å². The summed E-state index contributed by atoms with van der Waals surface area (Å²) in [6.45, 7) is 0.605. The van der Waals surface area contributed by atoms with Crippen LogP contribution in [0.25, 0.3) is 0 Å². The molecule has 5 nitrogen and oxygen atoms in total. The largest absolute Gasteiger partial charge is 0.345 e. The van der Waals surface area contributed by atoms with Gasteiger partial charge in [-0.25, -0.2) is 0 Å². The van der Waals surface area contributed by atoms with Crippen LogP contribution in [-0.4, -0.2) is 30.7 Å². The Morgan fingerprint density at radius 1 is 1.00 bits per heavy atom. The third-order valence-electron chi connectivity index (χ3n) is 6.46. The maximum atomic E-state index is 13.7. The number of carbonyl (C=O) groups is 3. The SMILES string of the molecule is O=CC(Cc1ccccc1)NC(=O)C1(C(=O)N2CCc3ccccc32)CCCCC1. The van der Waals surface area contributed by atoms with Gasteiger partial charge in [0.05, 0.1) is 6.04 Å². The molecule has 156 valence electrons. The van der Waals surface area contributed by atoms with E-state index in [1.165, 1.54) is 0 Å². The highest BCUT2D eigenvalue weighted by Gasteiger charge is 2.49. The van der Waals surface area contributed by atoms with E-state index in [4.69, 9.17) is 0 Å². The summed E-state index contributed by atoms with van der Waals surface area (Å²) in [6, 6.07) is 16.9. The number of rotatable bonds is 6. The van der Waals surface area contributed by atoms with Crippen molar-refractivity contribution in [1.29, 1.82) is 0 Å². The van der Waals surface area contributed by atoms with Crippen molar-refractivity contribution in [3.05, 3.63) is 65.7 Å². The van der Waals surface area contributed by atoms with Gasteiger partial charge in [0, 0.05) is 12.2 Å². The molecule has 2 aromatic rings. The van der Waals surface area contributed by atoms with Crippen molar-refractivity contribution in [3.8, 4) is 0 Å². The predicted octanol–water partition coefficient (Wildman–Crippen LogP) is 3.45. The van der Waals surface area contributed by atoms with Crippen LogP contribution >= 0.6 is 0 Å². The number of anilines is 1. The Bertz CT molecular complexity index is 919. The fourth-order valence-electron chi connectivity index (χ4n) is 4.81. The zero-order valence-corrected chi connectivity index (χ0v) is 17.2. The number of nitrogens with zero attached hydrogens (tertiary/aromatic N) is 1. The lowest BCUT2D eigenvalue weighted by atomic mass is 9.72. The molecule has 2 amide bonds. The van der Waals surface area contributed by atoms with Gasteiger partial charge >= 0.3 is 0 Å². The second-order valence-corrected chi connectivity index (χ2v) is 8.38. The zero-order valence-electron chi connectivity index (χ0n) is 17.2. The standard InChI is InChI=1S/C25H28N2O3/c28-18-21(17-19-9-3-1-4-10-19)26-23(29)25(14-7-2-8-15-25)24(30)27-16-13-20-11-5-6-12-22(20)27/h1,3-6,9-12,18,21H,2,7-8,13-17H2,(H,26,29). The Labute approximate surface area is 177 Å². The van der Waals surface area contributed by atoms with Crippen LogP contribution in [-0.2, 0) is 27.2 Å². The Morgan fingerprint density at radius 3 is 2.43 bits per heavy atom. The van der Waals surface area contributed by atoms with Crippen LogP contribution in [0.15, 0.2) is 54.6 Å². The van der Waals surface area contributed by atoms with Crippen molar-refractivity contribution in [2.24, 2.45) is 5.41 Å². The van der Waals surface area contributed by atoms with Crippen molar-refractivity contribution in [2.45, 2.75) is 51.0 Å². The molecule has 4 rings (SSSR count). The first-order valence-corrected chi connectivity index (χ1v) is 10.8. The number of fused-ring (bicyclic) bond motifs is 1. The molecule has 1 atom stereocenters. The summed E-state index contributed by atoms with van der Waals surface area (Å²) in [5.74, 6) is -0.418. The summed E-state index contributed by atoms with van der Waals surface area (Å²) < 4.78 is 0. The van der Waals surface area contributed by atoms with Crippen molar-refractivity contribution >= 4 is 23.8 Å². The molecule has 1 saturated carbocycles. The van der Waals surface area contributed by atoms with Gasteiger partial charge in [-0.3, -0.25) is 9.59 Å². The van der Waals surface area contributed by atoms with Gasteiger partial charge in [-0.1, -0.05) is 67.8 Å². The number of hydrogen-bond donors (Lipinski definition) is 1. The van der Waals surface area contributed by atoms with Gasteiger partial charge in [-0.05, 0) is 42.9 Å². The highest BCUT2D eigenvalue weighted by molar-refractivity contribution is 6.12. The fraction of sp³-hybridized carbons (Fsp3) is 0.400. The Balaban J connectivity index is 1.56. The molecule has 1 aliphatic carbocycles. The van der Waals surface area contributed by atoms with Gasteiger partial charge < -0.3 is 15.0 Å². The van der Waals surface area contributed by atoms with Crippen LogP contribution in [0.3, 0.4) is 0 Å². The van der Waals surface area contributed by atoms with Crippen LogP contribution in [0.4, 0.5) is 5.69 Å². The van der Waals surface area contributed by atoms with Gasteiger partial charge in [0.2, 0.25) is 11.8 Å². The van der Waals surface area contributed by atoms with E-state index in [-0.39, 0.29) is 11.8 Å². The molecule has 0 bridgehead atoms. The molecule has 1 N–H and O–H groups in total. The highest BCUT2D eigenvalue weighted by Crippen LogP contribution is 2.41. The first-order valence-electron chi connectivity index (χ1n) is 10.8. The molecule has 1 aliphatic heterocycles. The second-order valence-electron chi connectivity index (χ2n) is 8.38. The minimum absolute atomic E-state index is 0.117. The number of benzene rings is 2. The summed E-state index contributed by atoms with van der Waals surface area (Å²) >= 11 is 0. The first kappa shape index (κ1) is 20.3. The number of hydrogen-bond acceptors (Lipinski definition) is 3. The number of carbonyl (C=O) groups excluding carboxylic acids is 3. The molecule has 1 unspecified atom stereocenters. The van der Waals surface area contributed by atoms with Crippen LogP contribution in [0.1, 0.15) is 43.2 Å². The predicted molar refractivity (Wildman–Crippen MR) is 116 cm³/mol. The molecule has 2 aromatic carbocycles. The van der Waals surface area contributed by atoms with E-state index in [0.717, 1.165) is 48.8 Å². The van der Waals surface area contributed by atoms with E-state index >= 15 is 0 Å². The lowest BCUT2D eigenvalue weighted by Gasteiger charge is -2.38. The molecule has 0 radical (unpaired) electrons. The molecular formula is C25H28N2O3. The maximum Gasteiger partial charge on any atom is 0.242 e. The molecule has 1 fully saturated rings. The van der Waals surface area contributed by atoms with Crippen LogP contribution in [0.5, 0.6) is 0 Å². The van der Waals surface area contributed by atoms with Crippen molar-refractivity contribution in [1.82, 2.24) is 5.32 Å². The zero-order chi connectivity index (χ0) is 21.0. The van der Waals surface area contributed by atoms with Crippen molar-refractivity contribution in [2.75, 3.05) is 11.4 Å². The van der Waals surface area contributed by atoms with E-state index in [1.54, 1.807) is 4.90 Å². The summed E-state index contributed by atoms with van der Waals surface area (Å²) in [5, 5.41) is 2.90. The number of aldehydes is 1. The molecular weight excluding hydrogens is 376 g/mol. The number of amides is 2. The first-order chi connectivity index (χ1) is 14.6. The minimum atomic E-state index is -1.09. The van der Waals surface area contributed by atoms with Crippen molar-refractivity contribution in [3.63, 3.8) is 0 Å². The lowest BCUT2D eigenvalue weighted by Crippen LogP contribution is -2.56. The molecule has 5 heteroatoms. The van der Waals surface area contributed by atoms with Gasteiger partial charge in [0.25, 0.3) is 0 Å². The van der Waals surface area contributed by atoms with E-state index < -0.39 is 11.5 Å². The minimum Gasteiger partial charge on any atom is -0.345 e.